The Hall–Kier alpha value is -1.48. The highest BCUT2D eigenvalue weighted by atomic mass is 32.2. The smallest absolute Gasteiger partial charge is 0.277 e. The molecule has 1 aromatic rings. The Morgan fingerprint density at radius 1 is 1.11 bits per heavy atom. The average Bonchev–Trinajstić information content (AvgIpc) is 2.63. The lowest BCUT2D eigenvalue weighted by atomic mass is 10.1. The summed E-state index contributed by atoms with van der Waals surface area (Å²) >= 11 is 0. The number of quaternary nitrogens is 1. The monoisotopic (exact) mass is 410 g/mol. The van der Waals surface area contributed by atoms with E-state index in [9.17, 15) is 13.2 Å². The molecular weight excluding hydrogens is 378 g/mol. The number of carbonyl (C=O) groups is 1. The van der Waals surface area contributed by atoms with Crippen LogP contribution in [0.5, 0.6) is 0 Å². The van der Waals surface area contributed by atoms with Crippen molar-refractivity contribution in [2.75, 3.05) is 45.8 Å². The van der Waals surface area contributed by atoms with E-state index in [1.807, 2.05) is 38.7 Å². The first kappa shape index (κ1) is 21.2. The van der Waals surface area contributed by atoms with Gasteiger partial charge in [0.1, 0.15) is 0 Å². The van der Waals surface area contributed by atoms with E-state index in [0.717, 1.165) is 16.0 Å². The largest absolute Gasteiger partial charge is 0.372 e. The zero-order chi connectivity index (χ0) is 20.5. The van der Waals surface area contributed by atoms with Crippen LogP contribution in [0, 0.1) is 13.8 Å². The summed E-state index contributed by atoms with van der Waals surface area (Å²) in [5.74, 6) is 0.127. The van der Waals surface area contributed by atoms with Gasteiger partial charge < -0.3 is 14.5 Å². The second-order valence-electron chi connectivity index (χ2n) is 8.13. The molecule has 156 valence electrons. The van der Waals surface area contributed by atoms with Crippen molar-refractivity contribution in [1.29, 1.82) is 0 Å². The maximum Gasteiger partial charge on any atom is 0.277 e. The Labute approximate surface area is 168 Å². The second-order valence-corrected chi connectivity index (χ2v) is 10.1. The number of benzene rings is 1. The van der Waals surface area contributed by atoms with Gasteiger partial charge in [-0.1, -0.05) is 6.07 Å². The summed E-state index contributed by atoms with van der Waals surface area (Å²) in [5, 5.41) is 0. The van der Waals surface area contributed by atoms with E-state index in [0.29, 0.717) is 50.7 Å². The molecular formula is C20H32N3O4S+. The van der Waals surface area contributed by atoms with E-state index in [1.165, 1.54) is 0 Å². The summed E-state index contributed by atoms with van der Waals surface area (Å²) in [6.07, 6.45) is 0.116. The minimum atomic E-state index is -3.48. The molecule has 0 bridgehead atoms. The molecule has 0 aromatic heterocycles. The third-order valence-corrected chi connectivity index (χ3v) is 7.61. The number of hydrogen-bond donors (Lipinski definition) is 1. The predicted molar refractivity (Wildman–Crippen MR) is 107 cm³/mol. The Kier molecular flexibility index (Phi) is 6.44. The van der Waals surface area contributed by atoms with Gasteiger partial charge in [0.05, 0.1) is 43.3 Å². The van der Waals surface area contributed by atoms with Crippen LogP contribution < -0.4 is 4.90 Å². The van der Waals surface area contributed by atoms with Crippen molar-refractivity contribution in [3.05, 3.63) is 29.3 Å². The van der Waals surface area contributed by atoms with Gasteiger partial charge in [-0.3, -0.25) is 4.79 Å². The molecule has 7 nitrogen and oxygen atoms in total. The van der Waals surface area contributed by atoms with E-state index in [-0.39, 0.29) is 18.1 Å². The highest BCUT2D eigenvalue weighted by molar-refractivity contribution is 7.89. The van der Waals surface area contributed by atoms with Gasteiger partial charge in [-0.15, -0.1) is 0 Å². The molecule has 1 N–H and O–H groups in total. The topological polar surface area (TPSA) is 71.4 Å². The molecule has 0 radical (unpaired) electrons. The number of nitrogens with zero attached hydrogens (tertiary/aromatic N) is 2. The van der Waals surface area contributed by atoms with Crippen molar-refractivity contribution < 1.29 is 22.8 Å². The molecule has 2 saturated heterocycles. The van der Waals surface area contributed by atoms with Gasteiger partial charge in [-0.25, -0.2) is 8.42 Å². The normalized spacial score (nSPS) is 25.1. The molecule has 2 aliphatic rings. The van der Waals surface area contributed by atoms with Gasteiger partial charge in [0.25, 0.3) is 5.91 Å². The lowest BCUT2D eigenvalue weighted by Gasteiger charge is -2.37. The fraction of sp³-hybridized carbons (Fsp3) is 0.650. The maximum atomic E-state index is 12.9. The molecule has 0 spiro atoms. The zero-order valence-electron chi connectivity index (χ0n) is 17.3. The quantitative estimate of drug-likeness (QED) is 0.748. The Morgan fingerprint density at radius 3 is 2.29 bits per heavy atom. The number of nitrogens with one attached hydrogen (secondary N) is 1. The predicted octanol–water partition coefficient (Wildman–Crippen LogP) is -0.172. The Balaban J connectivity index is 1.56. The molecule has 2 fully saturated rings. The summed E-state index contributed by atoms with van der Waals surface area (Å²) in [5.41, 5.74) is 2.06. The fourth-order valence-electron chi connectivity index (χ4n) is 3.95. The molecule has 1 amide bonds. The average molecular weight is 411 g/mol. The molecule has 1 aromatic carbocycles. The van der Waals surface area contributed by atoms with Crippen LogP contribution in [0.2, 0.25) is 0 Å². The van der Waals surface area contributed by atoms with E-state index in [4.69, 9.17) is 4.74 Å². The molecule has 3 rings (SSSR count). The fourth-order valence-corrected chi connectivity index (χ4v) is 5.48. The molecule has 0 unspecified atom stereocenters. The van der Waals surface area contributed by atoms with Crippen LogP contribution in [0.15, 0.2) is 23.1 Å². The molecule has 0 saturated carbocycles. The third-order valence-electron chi connectivity index (χ3n) is 5.72. The van der Waals surface area contributed by atoms with Gasteiger partial charge >= 0.3 is 0 Å². The Morgan fingerprint density at radius 2 is 1.71 bits per heavy atom. The maximum absolute atomic E-state index is 12.9. The van der Waals surface area contributed by atoms with Gasteiger partial charge in [0.15, 0.2) is 6.54 Å². The zero-order valence-corrected chi connectivity index (χ0v) is 18.1. The molecule has 2 heterocycles. The number of piperazine rings is 1. The van der Waals surface area contributed by atoms with Crippen LogP contribution in [-0.2, 0) is 19.6 Å². The van der Waals surface area contributed by atoms with Crippen molar-refractivity contribution >= 4 is 15.9 Å². The number of rotatable bonds is 4. The van der Waals surface area contributed by atoms with E-state index < -0.39 is 10.0 Å². The van der Waals surface area contributed by atoms with Gasteiger partial charge in [-0.2, -0.15) is 4.31 Å². The minimum absolute atomic E-state index is 0.0580. The molecule has 0 aliphatic carbocycles. The van der Waals surface area contributed by atoms with E-state index in [1.54, 1.807) is 16.4 Å². The highest BCUT2D eigenvalue weighted by Gasteiger charge is 2.33. The highest BCUT2D eigenvalue weighted by Crippen LogP contribution is 2.19. The van der Waals surface area contributed by atoms with Gasteiger partial charge in [-0.05, 0) is 51.0 Å². The van der Waals surface area contributed by atoms with E-state index >= 15 is 0 Å². The van der Waals surface area contributed by atoms with Crippen molar-refractivity contribution in [3.63, 3.8) is 0 Å². The van der Waals surface area contributed by atoms with Crippen molar-refractivity contribution in [3.8, 4) is 0 Å². The molecule has 2 atom stereocenters. The molecule has 2 aliphatic heterocycles. The summed E-state index contributed by atoms with van der Waals surface area (Å²) in [4.78, 5) is 16.0. The van der Waals surface area contributed by atoms with Crippen molar-refractivity contribution in [2.24, 2.45) is 0 Å². The van der Waals surface area contributed by atoms with Crippen LogP contribution in [-0.4, -0.2) is 81.6 Å². The summed E-state index contributed by atoms with van der Waals surface area (Å²) < 4.78 is 33.1. The van der Waals surface area contributed by atoms with E-state index in [2.05, 4.69) is 0 Å². The van der Waals surface area contributed by atoms with Crippen LogP contribution >= 0.6 is 0 Å². The summed E-state index contributed by atoms with van der Waals surface area (Å²) in [6, 6.07) is 5.28. The number of hydrogen-bond acceptors (Lipinski definition) is 4. The SMILES string of the molecule is Cc1ccc(S(=O)(=O)N2CC[NH+](CC(=O)N3C[C@@H](C)O[C@H](C)C3)CC2)cc1C. The van der Waals surface area contributed by atoms with Crippen molar-refractivity contribution in [2.45, 2.75) is 44.8 Å². The second kappa shape index (κ2) is 8.49. The molecule has 8 heteroatoms. The number of ether oxygens (including phenoxy) is 1. The standard InChI is InChI=1S/C20H31N3O4S/c1-15-5-6-19(11-16(15)2)28(25,26)23-9-7-21(8-10-23)14-20(24)22-12-17(3)27-18(4)13-22/h5-6,11,17-18H,7-10,12-14H2,1-4H3/p+1/t17-,18-/m1/s1. The van der Waals surface area contributed by atoms with Crippen LogP contribution in [0.4, 0.5) is 0 Å². The lowest BCUT2D eigenvalue weighted by molar-refractivity contribution is -0.896. The number of sulfonamides is 1. The van der Waals surface area contributed by atoms with Gasteiger partial charge in [0, 0.05) is 13.1 Å². The number of morpholine rings is 1. The third kappa shape index (κ3) is 4.74. The lowest BCUT2D eigenvalue weighted by Crippen LogP contribution is -3.15. The van der Waals surface area contributed by atoms with Crippen molar-refractivity contribution in [1.82, 2.24) is 9.21 Å². The summed E-state index contributed by atoms with van der Waals surface area (Å²) in [7, 11) is -3.48. The number of carbonyl (C=O) groups excluding carboxylic acids is 1. The van der Waals surface area contributed by atoms with Crippen LogP contribution in [0.1, 0.15) is 25.0 Å². The molecule has 28 heavy (non-hydrogen) atoms. The van der Waals surface area contributed by atoms with Crippen LogP contribution in [0.25, 0.3) is 0 Å². The van der Waals surface area contributed by atoms with Crippen LogP contribution in [0.3, 0.4) is 0 Å². The number of aryl methyl sites for hydroxylation is 2. The first-order chi connectivity index (χ1) is 13.2. The summed E-state index contributed by atoms with van der Waals surface area (Å²) in [6.45, 7) is 11.7. The minimum Gasteiger partial charge on any atom is -0.372 e. The van der Waals surface area contributed by atoms with Gasteiger partial charge in [0.2, 0.25) is 10.0 Å². The first-order valence-electron chi connectivity index (χ1n) is 10.0. The Bertz CT molecular complexity index is 809. The first-order valence-corrected chi connectivity index (χ1v) is 11.4. The number of amides is 1.